The van der Waals surface area contributed by atoms with Crippen LogP contribution in [0.3, 0.4) is 0 Å². The van der Waals surface area contributed by atoms with Gasteiger partial charge in [0, 0.05) is 4.88 Å². The van der Waals surface area contributed by atoms with Gasteiger partial charge in [-0.3, -0.25) is 0 Å². The number of aromatic nitrogens is 2. The van der Waals surface area contributed by atoms with Crippen LogP contribution >= 0.6 is 11.3 Å². The molecule has 0 saturated carbocycles. The van der Waals surface area contributed by atoms with Crippen LogP contribution in [0.1, 0.15) is 20.9 Å². The van der Waals surface area contributed by atoms with Gasteiger partial charge in [-0.15, -0.1) is 11.3 Å². The van der Waals surface area contributed by atoms with Crippen LogP contribution in [0.4, 0.5) is 11.5 Å². The van der Waals surface area contributed by atoms with Crippen LogP contribution in [-0.4, -0.2) is 23.0 Å². The number of hydrogen-bond acceptors (Lipinski definition) is 7. The van der Waals surface area contributed by atoms with E-state index in [1.165, 1.54) is 13.3 Å². The predicted octanol–water partition coefficient (Wildman–Crippen LogP) is 1.83. The Morgan fingerprint density at radius 2 is 2.32 bits per heavy atom. The summed E-state index contributed by atoms with van der Waals surface area (Å²) in [6.07, 6.45) is 1.44. The molecule has 0 aliphatic carbocycles. The normalized spacial score (nSPS) is 10.2. The number of carbonyl (C=O) groups excluding carboxylic acids is 1. The van der Waals surface area contributed by atoms with Crippen LogP contribution in [0.2, 0.25) is 0 Å². The monoisotopic (exact) mass is 278 g/mol. The number of nitrogens with two attached hydrogens (primary N) is 1. The van der Waals surface area contributed by atoms with Crippen LogP contribution in [0.15, 0.2) is 17.8 Å². The van der Waals surface area contributed by atoms with E-state index in [1.807, 2.05) is 6.92 Å². The number of pyridine rings is 1. The maximum Gasteiger partial charge on any atom is 0.340 e. The van der Waals surface area contributed by atoms with Gasteiger partial charge in [0.1, 0.15) is 5.82 Å². The van der Waals surface area contributed by atoms with E-state index in [9.17, 15) is 4.79 Å². The molecule has 0 fully saturated rings. The average molecular weight is 278 g/mol. The second-order valence-electron chi connectivity index (χ2n) is 3.86. The Kier molecular flexibility index (Phi) is 3.96. The van der Waals surface area contributed by atoms with Gasteiger partial charge in [-0.05, 0) is 13.0 Å². The molecule has 0 spiro atoms. The molecule has 0 radical (unpaired) electrons. The number of anilines is 2. The first-order valence-corrected chi connectivity index (χ1v) is 6.46. The highest BCUT2D eigenvalue weighted by Gasteiger charge is 2.11. The molecule has 2 heterocycles. The zero-order valence-corrected chi connectivity index (χ0v) is 11.5. The number of nitrogens with zero attached hydrogens (tertiary/aromatic N) is 2. The zero-order chi connectivity index (χ0) is 13.8. The molecule has 0 bridgehead atoms. The van der Waals surface area contributed by atoms with E-state index in [2.05, 4.69) is 20.0 Å². The first-order chi connectivity index (χ1) is 9.11. The van der Waals surface area contributed by atoms with Gasteiger partial charge in [0.2, 0.25) is 0 Å². The Morgan fingerprint density at radius 1 is 1.53 bits per heavy atom. The third-order valence-corrected chi connectivity index (χ3v) is 3.55. The van der Waals surface area contributed by atoms with Gasteiger partial charge in [0.25, 0.3) is 0 Å². The molecule has 6 nitrogen and oxygen atoms in total. The third kappa shape index (κ3) is 3.00. The molecule has 0 amide bonds. The number of methoxy groups -OCH3 is 1. The summed E-state index contributed by atoms with van der Waals surface area (Å²) in [5, 5.41) is 3.13. The lowest BCUT2D eigenvalue weighted by molar-refractivity contribution is 0.0602. The largest absolute Gasteiger partial charge is 0.465 e. The predicted molar refractivity (Wildman–Crippen MR) is 74.2 cm³/mol. The van der Waals surface area contributed by atoms with Crippen molar-refractivity contribution in [2.45, 2.75) is 13.5 Å². The summed E-state index contributed by atoms with van der Waals surface area (Å²) in [6, 6.07) is 1.58. The molecule has 0 aliphatic rings. The van der Waals surface area contributed by atoms with E-state index in [-0.39, 0.29) is 0 Å². The SMILES string of the molecule is COC(=O)c1cc(NCc2scnc2C)ncc1N. The van der Waals surface area contributed by atoms with Gasteiger partial charge >= 0.3 is 5.97 Å². The lowest BCUT2D eigenvalue weighted by Gasteiger charge is -2.08. The number of carbonyl (C=O) groups is 1. The Labute approximate surface area is 114 Å². The molecule has 7 heteroatoms. The summed E-state index contributed by atoms with van der Waals surface area (Å²) in [5.41, 5.74) is 9.07. The minimum Gasteiger partial charge on any atom is -0.465 e. The number of rotatable bonds is 4. The Bertz CT molecular complexity index is 597. The molecule has 0 atom stereocenters. The molecule has 19 heavy (non-hydrogen) atoms. The third-order valence-electron chi connectivity index (χ3n) is 2.62. The first kappa shape index (κ1) is 13.3. The van der Waals surface area contributed by atoms with Crippen molar-refractivity contribution in [1.29, 1.82) is 0 Å². The highest BCUT2D eigenvalue weighted by molar-refractivity contribution is 7.09. The number of hydrogen-bond donors (Lipinski definition) is 2. The van der Waals surface area contributed by atoms with Crippen LogP contribution in [0, 0.1) is 6.92 Å². The topological polar surface area (TPSA) is 90.1 Å². The van der Waals surface area contributed by atoms with Crippen molar-refractivity contribution in [3.05, 3.63) is 33.9 Å². The molecular weight excluding hydrogens is 264 g/mol. The molecule has 0 saturated heterocycles. The van der Waals surface area contributed by atoms with Crippen molar-refractivity contribution in [2.24, 2.45) is 0 Å². The maximum atomic E-state index is 11.5. The molecule has 0 aromatic carbocycles. The van der Waals surface area contributed by atoms with E-state index in [0.29, 0.717) is 23.6 Å². The number of thiazole rings is 1. The van der Waals surface area contributed by atoms with Crippen molar-refractivity contribution in [3.8, 4) is 0 Å². The summed E-state index contributed by atoms with van der Waals surface area (Å²) in [4.78, 5) is 20.9. The van der Waals surface area contributed by atoms with Crippen molar-refractivity contribution >= 4 is 28.8 Å². The van der Waals surface area contributed by atoms with Gasteiger partial charge in [-0.2, -0.15) is 0 Å². The highest BCUT2D eigenvalue weighted by atomic mass is 32.1. The van der Waals surface area contributed by atoms with Crippen molar-refractivity contribution in [1.82, 2.24) is 9.97 Å². The van der Waals surface area contributed by atoms with Gasteiger partial charge in [-0.25, -0.2) is 14.8 Å². The Morgan fingerprint density at radius 3 is 2.95 bits per heavy atom. The van der Waals surface area contributed by atoms with Crippen LogP contribution < -0.4 is 11.1 Å². The fourth-order valence-corrected chi connectivity index (χ4v) is 2.23. The van der Waals surface area contributed by atoms with Gasteiger partial charge < -0.3 is 15.8 Å². The summed E-state index contributed by atoms with van der Waals surface area (Å²) in [7, 11) is 1.32. The minimum atomic E-state index is -0.475. The molecule has 2 rings (SSSR count). The summed E-state index contributed by atoms with van der Waals surface area (Å²) in [5.74, 6) is 0.0966. The molecule has 0 unspecified atom stereocenters. The lowest BCUT2D eigenvalue weighted by atomic mass is 10.2. The lowest BCUT2D eigenvalue weighted by Crippen LogP contribution is -2.08. The molecular formula is C12H14N4O2S. The zero-order valence-electron chi connectivity index (χ0n) is 10.6. The van der Waals surface area contributed by atoms with Crippen molar-refractivity contribution in [2.75, 3.05) is 18.2 Å². The standard InChI is InChI=1S/C12H14N4O2S/c1-7-10(19-6-16-7)5-15-11-3-8(12(17)18-2)9(13)4-14-11/h3-4,6H,5,13H2,1-2H3,(H,14,15). The molecule has 0 aliphatic heterocycles. The number of nitrogen functional groups attached to an aromatic ring is 1. The number of esters is 1. The molecule has 2 aromatic heterocycles. The van der Waals surface area contributed by atoms with E-state index in [0.717, 1.165) is 10.6 Å². The average Bonchev–Trinajstić information content (AvgIpc) is 2.82. The van der Waals surface area contributed by atoms with E-state index < -0.39 is 5.97 Å². The molecule has 2 aromatic rings. The van der Waals surface area contributed by atoms with Gasteiger partial charge in [0.15, 0.2) is 0 Å². The van der Waals surface area contributed by atoms with Crippen LogP contribution in [0.25, 0.3) is 0 Å². The van der Waals surface area contributed by atoms with Crippen molar-refractivity contribution in [3.63, 3.8) is 0 Å². The second-order valence-corrected chi connectivity index (χ2v) is 4.80. The molecule has 3 N–H and O–H groups in total. The second kappa shape index (κ2) is 5.66. The minimum absolute atomic E-state index is 0.298. The number of ether oxygens (including phenoxy) is 1. The van der Waals surface area contributed by atoms with E-state index >= 15 is 0 Å². The first-order valence-electron chi connectivity index (χ1n) is 5.58. The fraction of sp³-hybridized carbons (Fsp3) is 0.250. The Hall–Kier alpha value is -2.15. The smallest absolute Gasteiger partial charge is 0.340 e. The maximum absolute atomic E-state index is 11.5. The van der Waals surface area contributed by atoms with Crippen LogP contribution in [0.5, 0.6) is 0 Å². The summed E-state index contributed by atoms with van der Waals surface area (Å²) in [6.45, 7) is 2.55. The Balaban J connectivity index is 2.13. The van der Waals surface area contributed by atoms with Gasteiger partial charge in [-0.1, -0.05) is 0 Å². The molecule has 100 valence electrons. The van der Waals surface area contributed by atoms with Gasteiger partial charge in [0.05, 0.1) is 42.3 Å². The fourth-order valence-electron chi connectivity index (χ4n) is 1.52. The number of nitrogens with one attached hydrogen (secondary N) is 1. The highest BCUT2D eigenvalue weighted by Crippen LogP contribution is 2.18. The van der Waals surface area contributed by atoms with E-state index in [1.54, 1.807) is 22.9 Å². The van der Waals surface area contributed by atoms with Crippen LogP contribution in [-0.2, 0) is 11.3 Å². The van der Waals surface area contributed by atoms with Crippen molar-refractivity contribution < 1.29 is 9.53 Å². The summed E-state index contributed by atoms with van der Waals surface area (Å²) < 4.78 is 4.66. The summed E-state index contributed by atoms with van der Waals surface area (Å²) >= 11 is 1.57. The number of aryl methyl sites for hydroxylation is 1. The quantitative estimate of drug-likeness (QED) is 0.829. The van der Waals surface area contributed by atoms with E-state index in [4.69, 9.17) is 5.73 Å².